The molecule has 1 aromatic rings. The molecule has 3 heterocycles. The molecule has 11 heteroatoms. The number of nitrogens with one attached hydrogen (secondary N) is 1. The largest absolute Gasteiger partial charge is 0.737 e. The average Bonchev–Trinajstić information content (AvgIpc) is 3.31. The second-order valence-electron chi connectivity index (χ2n) is 10.5. The summed E-state index contributed by atoms with van der Waals surface area (Å²) in [6, 6.07) is 0.620. The molecule has 1 N–H and O–H groups in total. The zero-order chi connectivity index (χ0) is 29.8. The molecule has 224 valence electrons. The third-order valence-corrected chi connectivity index (χ3v) is 11.4. The van der Waals surface area contributed by atoms with E-state index in [0.29, 0.717) is 80.9 Å². The van der Waals surface area contributed by atoms with Crippen molar-refractivity contribution in [2.45, 2.75) is 100 Å². The molecule has 40 heavy (non-hydrogen) atoms. The van der Waals surface area contributed by atoms with Crippen LogP contribution in [0, 0.1) is 13.8 Å². The number of nitrogens with zero attached hydrogens (tertiary/aromatic N) is 2. The van der Waals surface area contributed by atoms with Crippen molar-refractivity contribution in [2.75, 3.05) is 26.4 Å². The highest BCUT2D eigenvalue weighted by Gasteiger charge is 2.56. The summed E-state index contributed by atoms with van der Waals surface area (Å²) in [4.78, 5) is 13.0. The van der Waals surface area contributed by atoms with Crippen molar-refractivity contribution >= 4 is 33.0 Å². The van der Waals surface area contributed by atoms with E-state index in [-0.39, 0.29) is 12.3 Å². The minimum Gasteiger partial charge on any atom is -0.393 e. The summed E-state index contributed by atoms with van der Waals surface area (Å²) in [5.41, 5.74) is 6.93. The highest BCUT2D eigenvalue weighted by atomic mass is 28.4. The second-order valence-corrected chi connectivity index (χ2v) is 13.3. The number of amides is 1. The predicted molar refractivity (Wildman–Crippen MR) is 160 cm³/mol. The van der Waals surface area contributed by atoms with Crippen LogP contribution in [-0.4, -0.2) is 62.7 Å². The minimum atomic E-state index is -4.05. The molecule has 1 aromatic heterocycles. The summed E-state index contributed by atoms with van der Waals surface area (Å²) in [6.45, 7) is 15.2. The maximum Gasteiger partial charge on any atom is 0.737 e. The summed E-state index contributed by atoms with van der Waals surface area (Å²) in [5.74, 6) is -0.0989. The number of fused-ring (bicyclic) bond motifs is 2. The molecule has 0 bridgehead atoms. The highest BCUT2D eigenvalue weighted by Crippen LogP contribution is 2.46. The van der Waals surface area contributed by atoms with Gasteiger partial charge >= 0.3 is 15.8 Å². The van der Waals surface area contributed by atoms with Gasteiger partial charge in [0.2, 0.25) is 5.91 Å². The van der Waals surface area contributed by atoms with Crippen LogP contribution in [0.15, 0.2) is 16.8 Å². The molecule has 1 amide bonds. The third-order valence-electron chi connectivity index (χ3n) is 8.27. The molecule has 0 atom stereocenters. The van der Waals surface area contributed by atoms with E-state index in [1.807, 2.05) is 48.5 Å². The molecular formula is C29H48BF2N3O4Si. The van der Waals surface area contributed by atoms with Gasteiger partial charge in [0.25, 0.3) is 0 Å². The molecule has 0 radical (unpaired) electrons. The summed E-state index contributed by atoms with van der Waals surface area (Å²) in [6.07, 6.45) is 2.64. The smallest absolute Gasteiger partial charge is 0.393 e. The topological polar surface area (TPSA) is 64.7 Å². The maximum atomic E-state index is 16.3. The van der Waals surface area contributed by atoms with Crippen LogP contribution in [0.25, 0.3) is 5.57 Å². The van der Waals surface area contributed by atoms with E-state index in [0.717, 1.165) is 27.8 Å². The number of aromatic nitrogens is 1. The molecular weight excluding hydrogens is 531 g/mol. The first kappa shape index (κ1) is 32.4. The van der Waals surface area contributed by atoms with Crippen molar-refractivity contribution in [1.82, 2.24) is 9.79 Å². The number of hydrogen-bond acceptors (Lipinski definition) is 4. The fourth-order valence-corrected chi connectivity index (χ4v) is 9.32. The van der Waals surface area contributed by atoms with Crippen LogP contribution in [0.4, 0.5) is 8.63 Å². The van der Waals surface area contributed by atoms with E-state index in [1.165, 1.54) is 8.96 Å². The zero-order valence-corrected chi connectivity index (χ0v) is 26.9. The summed E-state index contributed by atoms with van der Waals surface area (Å²) in [5, 5.41) is 3.02. The SMILES string of the molecule is CCO[Si](CCCNC(=O)CCC1=C2C(C)=C(CC)C(C)=[N+]2[B-](F)(F)n2c(C)c(CC)c(C)c21)(OCC)OCC. The quantitative estimate of drug-likeness (QED) is 0.200. The summed E-state index contributed by atoms with van der Waals surface area (Å²) >= 11 is 0. The highest BCUT2D eigenvalue weighted by molar-refractivity contribution is 6.60. The molecule has 0 aromatic carbocycles. The van der Waals surface area contributed by atoms with Crippen molar-refractivity contribution in [3.63, 3.8) is 0 Å². The van der Waals surface area contributed by atoms with Crippen molar-refractivity contribution < 1.29 is 31.2 Å². The molecule has 0 saturated heterocycles. The Morgan fingerprint density at radius 1 is 0.950 bits per heavy atom. The first-order valence-electron chi connectivity index (χ1n) is 14.9. The Morgan fingerprint density at radius 2 is 1.55 bits per heavy atom. The van der Waals surface area contributed by atoms with E-state index in [1.54, 1.807) is 13.8 Å². The first-order chi connectivity index (χ1) is 19.0. The van der Waals surface area contributed by atoms with Crippen LogP contribution >= 0.6 is 0 Å². The van der Waals surface area contributed by atoms with Gasteiger partial charge in [0.05, 0.1) is 0 Å². The molecule has 0 aliphatic carbocycles. The average molecular weight is 580 g/mol. The second kappa shape index (κ2) is 13.3. The van der Waals surface area contributed by atoms with Crippen LogP contribution in [-0.2, 0) is 24.5 Å². The lowest BCUT2D eigenvalue weighted by Crippen LogP contribution is -2.51. The maximum absolute atomic E-state index is 16.3. The third kappa shape index (κ3) is 5.80. The molecule has 0 fully saturated rings. The first-order valence-corrected chi connectivity index (χ1v) is 16.9. The van der Waals surface area contributed by atoms with Gasteiger partial charge in [0.1, 0.15) is 5.71 Å². The van der Waals surface area contributed by atoms with Crippen molar-refractivity contribution in [3.8, 4) is 0 Å². The van der Waals surface area contributed by atoms with Crippen LogP contribution < -0.4 is 5.32 Å². The predicted octanol–water partition coefficient (Wildman–Crippen LogP) is 6.16. The Labute approximate surface area is 240 Å². The Balaban J connectivity index is 1.85. The molecule has 2 aliphatic rings. The van der Waals surface area contributed by atoms with E-state index < -0.39 is 15.8 Å². The van der Waals surface area contributed by atoms with Gasteiger partial charge < -0.3 is 36.2 Å². The Kier molecular flexibility index (Phi) is 10.8. The molecule has 7 nitrogen and oxygen atoms in total. The fraction of sp³-hybridized carbons (Fsp3) is 0.655. The number of hydrogen-bond donors (Lipinski definition) is 1. The lowest BCUT2D eigenvalue weighted by molar-refractivity contribution is -0.364. The van der Waals surface area contributed by atoms with Gasteiger partial charge in [-0.15, -0.1) is 0 Å². The molecule has 0 unspecified atom stereocenters. The van der Waals surface area contributed by atoms with Gasteiger partial charge in [-0.3, -0.25) is 4.79 Å². The van der Waals surface area contributed by atoms with Gasteiger partial charge in [0.15, 0.2) is 5.70 Å². The van der Waals surface area contributed by atoms with Crippen molar-refractivity contribution in [3.05, 3.63) is 39.4 Å². The number of rotatable bonds is 15. The molecule has 0 saturated carbocycles. The van der Waals surface area contributed by atoms with Crippen LogP contribution in [0.1, 0.15) is 96.7 Å². The fourth-order valence-electron chi connectivity index (χ4n) is 6.70. The Morgan fingerprint density at radius 3 is 2.08 bits per heavy atom. The van der Waals surface area contributed by atoms with E-state index in [4.69, 9.17) is 13.3 Å². The zero-order valence-electron chi connectivity index (χ0n) is 25.9. The standard InChI is InChI=1S/C29H48BF2N3O4Si/c1-10-24-20(6)28-26(16-17-27(36)33-18-15-19-40(37-12-3,38-13-4)39-14-5)29-21(7)25(11-2)23(9)35(29)30(31,32)34(28)22(24)8/h10-19H2,1-9H3,(H,33,36). The summed E-state index contributed by atoms with van der Waals surface area (Å²) in [7, 11) is -2.76. The van der Waals surface area contributed by atoms with Gasteiger partial charge in [-0.1, -0.05) is 13.8 Å². The van der Waals surface area contributed by atoms with E-state index in [2.05, 4.69) is 5.32 Å². The van der Waals surface area contributed by atoms with Gasteiger partial charge in [-0.05, 0) is 84.0 Å². The van der Waals surface area contributed by atoms with Crippen LogP contribution in [0.5, 0.6) is 0 Å². The molecule has 0 spiro atoms. The van der Waals surface area contributed by atoms with Crippen molar-refractivity contribution in [1.29, 1.82) is 0 Å². The minimum absolute atomic E-state index is 0.0989. The lowest BCUT2D eigenvalue weighted by atomic mass is 9.84. The number of carbonyl (C=O) groups excluding carboxylic acids is 1. The van der Waals surface area contributed by atoms with Gasteiger partial charge in [-0.25, -0.2) is 0 Å². The lowest BCUT2D eigenvalue weighted by Gasteiger charge is -2.34. The Bertz CT molecular complexity index is 1210. The normalized spacial score (nSPS) is 16.7. The Hall–Kier alpha value is -2.08. The molecule has 2 aliphatic heterocycles. The summed E-state index contributed by atoms with van der Waals surface area (Å²) < 4.78 is 52.8. The molecule has 3 rings (SSSR count). The monoisotopic (exact) mass is 579 g/mol. The van der Waals surface area contributed by atoms with E-state index in [9.17, 15) is 4.79 Å². The van der Waals surface area contributed by atoms with Crippen molar-refractivity contribution in [2.24, 2.45) is 0 Å². The van der Waals surface area contributed by atoms with Crippen LogP contribution in [0.2, 0.25) is 6.04 Å². The van der Waals surface area contributed by atoms with Gasteiger partial charge in [-0.2, -0.15) is 0 Å². The van der Waals surface area contributed by atoms with Crippen LogP contribution in [0.3, 0.4) is 0 Å². The number of allylic oxidation sites excluding steroid dienone is 3. The number of halogens is 2. The van der Waals surface area contributed by atoms with Gasteiger partial charge in [0, 0.05) is 68.2 Å². The number of carbonyl (C=O) groups is 1. The van der Waals surface area contributed by atoms with E-state index >= 15 is 8.63 Å².